The van der Waals surface area contributed by atoms with E-state index in [2.05, 4.69) is 86.0 Å². The van der Waals surface area contributed by atoms with Gasteiger partial charge in [0, 0.05) is 0 Å². The van der Waals surface area contributed by atoms with Crippen molar-refractivity contribution in [1.29, 1.82) is 0 Å². The van der Waals surface area contributed by atoms with Crippen LogP contribution in [0.25, 0.3) is 11.1 Å². The number of aryl methyl sites for hydroxylation is 2. The first-order chi connectivity index (χ1) is 13.6. The van der Waals surface area contributed by atoms with Crippen molar-refractivity contribution in [3.63, 3.8) is 0 Å². The number of hydrogen-bond acceptors (Lipinski definition) is 0. The standard InChI is InChI=1S/C26H32N2.2CH3.Ni/c1-4-5-6-7-8-9-12-23(20-28-27)19-26(24-16-14-21(2)15-17-24)25-13-10-11-22(3)18-25;;;/h10-11,13-19H,4-9,12H2,1-3H3;2*1H3;/q;2*-1;+2. The minimum Gasteiger partial charge on any atom is -0.358 e. The monoisotopic (exact) mass is 460 g/mol. The quantitative estimate of drug-likeness (QED) is 0.0650. The van der Waals surface area contributed by atoms with E-state index < -0.39 is 0 Å². The summed E-state index contributed by atoms with van der Waals surface area (Å²) in [6.07, 6.45) is 10.4. The number of allylic oxidation sites excluding steroid dienone is 2. The molecule has 0 saturated heterocycles. The Balaban J connectivity index is 0. The fourth-order valence-electron chi connectivity index (χ4n) is 3.37. The Morgan fingerprint density at radius 3 is 2.13 bits per heavy atom. The molecule has 2 rings (SSSR count). The molecule has 0 atom stereocenters. The van der Waals surface area contributed by atoms with Gasteiger partial charge in [-0.1, -0.05) is 98.7 Å². The summed E-state index contributed by atoms with van der Waals surface area (Å²) in [5.41, 5.74) is 16.0. The molecule has 0 spiro atoms. The van der Waals surface area contributed by atoms with Crippen molar-refractivity contribution in [3.8, 4) is 0 Å². The van der Waals surface area contributed by atoms with Crippen molar-refractivity contribution in [1.82, 2.24) is 0 Å². The van der Waals surface area contributed by atoms with E-state index in [4.69, 9.17) is 5.53 Å². The molecule has 0 unspecified atom stereocenters. The molecular weight excluding hydrogens is 423 g/mol. The number of nitrogens with zero attached hydrogens (tertiary/aromatic N) is 2. The Hall–Kier alpha value is -2.17. The number of rotatable bonds is 10. The average molecular weight is 461 g/mol. The van der Waals surface area contributed by atoms with Crippen molar-refractivity contribution in [2.45, 2.75) is 65.7 Å². The summed E-state index contributed by atoms with van der Waals surface area (Å²) in [4.78, 5) is 3.20. The molecule has 2 nitrogen and oxygen atoms in total. The minimum absolute atomic E-state index is 0. The van der Waals surface area contributed by atoms with Crippen LogP contribution in [0.4, 0.5) is 0 Å². The topological polar surface area (TPSA) is 36.4 Å². The molecule has 0 radical (unpaired) electrons. The third kappa shape index (κ3) is 11.1. The van der Waals surface area contributed by atoms with Crippen LogP contribution in [0.15, 0.2) is 60.2 Å². The van der Waals surface area contributed by atoms with Gasteiger partial charge in [-0.05, 0) is 49.5 Å². The second-order valence-electron chi connectivity index (χ2n) is 7.55. The van der Waals surface area contributed by atoms with Gasteiger partial charge in [-0.3, -0.25) is 0 Å². The summed E-state index contributed by atoms with van der Waals surface area (Å²) in [6.45, 7) is 6.45. The molecule has 170 valence electrons. The molecule has 0 aliphatic carbocycles. The van der Waals surface area contributed by atoms with Gasteiger partial charge in [0.2, 0.25) is 0 Å². The van der Waals surface area contributed by atoms with Crippen LogP contribution in [0.3, 0.4) is 0 Å². The predicted octanol–water partition coefficient (Wildman–Crippen LogP) is 8.21. The maximum atomic E-state index is 9.11. The van der Waals surface area contributed by atoms with E-state index in [-0.39, 0.29) is 31.3 Å². The molecule has 0 heterocycles. The summed E-state index contributed by atoms with van der Waals surface area (Å²) >= 11 is 0. The van der Waals surface area contributed by atoms with Gasteiger partial charge in [-0.2, -0.15) is 0 Å². The smallest absolute Gasteiger partial charge is 0.358 e. The maximum absolute atomic E-state index is 9.11. The molecule has 0 N–H and O–H groups in total. The minimum atomic E-state index is 0. The first-order valence-corrected chi connectivity index (χ1v) is 10.5. The molecule has 3 heteroatoms. The Kier molecular flexibility index (Phi) is 17.5. The molecule has 0 amide bonds. The van der Waals surface area contributed by atoms with Crippen LogP contribution >= 0.6 is 0 Å². The molecular formula is C28H38N2Ni. The van der Waals surface area contributed by atoms with Crippen molar-refractivity contribution in [2.75, 3.05) is 0 Å². The fraction of sp³-hybridized carbons (Fsp3) is 0.357. The summed E-state index contributed by atoms with van der Waals surface area (Å²) in [5.74, 6) is 2.80. The molecule has 0 aliphatic rings. The zero-order valence-corrected chi connectivity index (χ0v) is 20.8. The zero-order chi connectivity index (χ0) is 20.2. The molecule has 2 aromatic carbocycles. The van der Waals surface area contributed by atoms with Crippen molar-refractivity contribution in [3.05, 3.63) is 103 Å². The van der Waals surface area contributed by atoms with Gasteiger partial charge >= 0.3 is 22.4 Å². The van der Waals surface area contributed by atoms with Crippen LogP contribution < -0.4 is 0 Å². The second kappa shape index (κ2) is 17.5. The molecule has 31 heavy (non-hydrogen) atoms. The van der Waals surface area contributed by atoms with Crippen LogP contribution in [-0.4, -0.2) is 10.7 Å². The van der Waals surface area contributed by atoms with Gasteiger partial charge in [0.05, 0.1) is 5.57 Å². The Bertz CT molecular complexity index is 868. The van der Waals surface area contributed by atoms with Crippen LogP contribution in [0.1, 0.15) is 74.1 Å². The van der Waals surface area contributed by atoms with E-state index in [1.807, 2.05) is 0 Å². The van der Waals surface area contributed by atoms with E-state index in [1.54, 1.807) is 0 Å². The van der Waals surface area contributed by atoms with Crippen molar-refractivity contribution < 1.29 is 21.3 Å². The first-order valence-electron chi connectivity index (χ1n) is 10.5. The summed E-state index contributed by atoms with van der Waals surface area (Å²) in [7, 11) is 0. The molecule has 0 fully saturated rings. The van der Waals surface area contributed by atoms with E-state index in [9.17, 15) is 0 Å². The SMILES string of the molecule is CCCCCCCCC(=C=[N+]=[N-])C=C(c1ccc(C)cc1)c1cccc(C)c1.[CH3-].[CH3-].[Ni+2]. The first kappa shape index (κ1) is 31.0. The molecule has 0 aromatic heterocycles. The van der Waals surface area contributed by atoms with Gasteiger partial charge in [-0.25, -0.2) is 0 Å². The third-order valence-corrected chi connectivity index (χ3v) is 5.00. The molecule has 0 saturated carbocycles. The predicted molar refractivity (Wildman–Crippen MR) is 132 cm³/mol. The van der Waals surface area contributed by atoms with Crippen molar-refractivity contribution >= 4 is 11.4 Å². The summed E-state index contributed by atoms with van der Waals surface area (Å²) in [5, 5.41) is 0. The Morgan fingerprint density at radius 2 is 1.52 bits per heavy atom. The number of unbranched alkanes of at least 4 members (excludes halogenated alkanes) is 5. The average Bonchev–Trinajstić information content (AvgIpc) is 2.69. The molecule has 2 aromatic rings. The van der Waals surface area contributed by atoms with E-state index in [0.29, 0.717) is 0 Å². The number of hydrogen-bond donors (Lipinski definition) is 0. The van der Waals surface area contributed by atoms with Gasteiger partial charge in [0.25, 0.3) is 0 Å². The zero-order valence-electron chi connectivity index (χ0n) is 19.9. The Morgan fingerprint density at radius 1 is 0.871 bits per heavy atom. The van der Waals surface area contributed by atoms with Crippen LogP contribution in [0.5, 0.6) is 0 Å². The van der Waals surface area contributed by atoms with Gasteiger partial charge < -0.3 is 20.4 Å². The van der Waals surface area contributed by atoms with Crippen LogP contribution in [0, 0.1) is 28.7 Å². The second-order valence-corrected chi connectivity index (χ2v) is 7.55. The normalized spacial score (nSPS) is 9.97. The van der Waals surface area contributed by atoms with E-state index in [0.717, 1.165) is 29.6 Å². The van der Waals surface area contributed by atoms with Gasteiger partial charge in [-0.15, -0.1) is 4.79 Å². The van der Waals surface area contributed by atoms with Crippen LogP contribution in [-0.2, 0) is 16.5 Å². The molecule has 0 aliphatic heterocycles. The maximum Gasteiger partial charge on any atom is 2.00 e. The fourth-order valence-corrected chi connectivity index (χ4v) is 3.37. The Labute approximate surface area is 201 Å². The van der Waals surface area contributed by atoms with Gasteiger partial charge in [0.1, 0.15) is 0 Å². The van der Waals surface area contributed by atoms with Crippen molar-refractivity contribution in [2.24, 2.45) is 0 Å². The summed E-state index contributed by atoms with van der Waals surface area (Å²) in [6, 6.07) is 17.1. The van der Waals surface area contributed by atoms with E-state index in [1.165, 1.54) is 48.8 Å². The largest absolute Gasteiger partial charge is 2.00 e. The van der Waals surface area contributed by atoms with Gasteiger partial charge in [0.15, 0.2) is 0 Å². The number of benzene rings is 2. The van der Waals surface area contributed by atoms with E-state index >= 15 is 0 Å². The molecule has 0 bridgehead atoms. The van der Waals surface area contributed by atoms with Crippen LogP contribution in [0.2, 0.25) is 0 Å². The summed E-state index contributed by atoms with van der Waals surface area (Å²) < 4.78 is 0. The third-order valence-electron chi connectivity index (χ3n) is 5.00.